The molecule has 1 heterocycles. The Morgan fingerprint density at radius 3 is 2.38 bits per heavy atom. The van der Waals surface area contributed by atoms with Gasteiger partial charge in [-0.25, -0.2) is 0 Å². The predicted octanol–water partition coefficient (Wildman–Crippen LogP) is 3.83. The Labute approximate surface area is 138 Å². The second-order valence-corrected chi connectivity index (χ2v) is 6.77. The van der Waals surface area contributed by atoms with Gasteiger partial charge >= 0.3 is 0 Å². The Balaban J connectivity index is 3.25. The number of nitrogens with one attached hydrogen (secondary N) is 1. The van der Waals surface area contributed by atoms with Crippen LogP contribution in [0.25, 0.3) is 0 Å². The summed E-state index contributed by atoms with van der Waals surface area (Å²) >= 11 is 3.70. The fourth-order valence-electron chi connectivity index (χ4n) is 3.16. The molecule has 0 bridgehead atoms. The molecule has 1 rings (SSSR count). The van der Waals surface area contributed by atoms with Crippen LogP contribution in [-0.2, 0) is 6.54 Å². The van der Waals surface area contributed by atoms with E-state index in [9.17, 15) is 0 Å². The molecule has 0 aliphatic rings. The standard InChI is InChI=1S/C16H31BrN4/c1-7-11-21-14(13(17)12-19-21)15(18-8-2)16(5,6)20(9-3)10-4/h12,15,18H,7-11H2,1-6H3. The number of aromatic nitrogens is 2. The number of likely N-dealkylation sites (N-methyl/N-ethyl adjacent to an activating group) is 2. The monoisotopic (exact) mass is 358 g/mol. The second kappa shape index (κ2) is 8.30. The first kappa shape index (κ1) is 18.7. The van der Waals surface area contributed by atoms with Gasteiger partial charge in [0.15, 0.2) is 0 Å². The molecule has 0 aliphatic heterocycles. The van der Waals surface area contributed by atoms with E-state index in [1.165, 1.54) is 5.69 Å². The van der Waals surface area contributed by atoms with Gasteiger partial charge in [0, 0.05) is 12.1 Å². The Bertz CT molecular complexity index is 424. The maximum Gasteiger partial charge on any atom is 0.0714 e. The molecule has 1 unspecified atom stereocenters. The van der Waals surface area contributed by atoms with Gasteiger partial charge in [0.25, 0.3) is 0 Å². The van der Waals surface area contributed by atoms with E-state index in [-0.39, 0.29) is 11.6 Å². The molecule has 0 spiro atoms. The molecule has 1 atom stereocenters. The van der Waals surface area contributed by atoms with Crippen LogP contribution in [0.1, 0.15) is 59.7 Å². The van der Waals surface area contributed by atoms with Gasteiger partial charge in [-0.05, 0) is 55.8 Å². The van der Waals surface area contributed by atoms with Gasteiger partial charge in [-0.2, -0.15) is 5.10 Å². The van der Waals surface area contributed by atoms with Crippen molar-refractivity contribution >= 4 is 15.9 Å². The van der Waals surface area contributed by atoms with Crippen molar-refractivity contribution in [1.82, 2.24) is 20.0 Å². The molecule has 0 saturated heterocycles. The third kappa shape index (κ3) is 4.08. The molecule has 21 heavy (non-hydrogen) atoms. The first-order chi connectivity index (χ1) is 9.93. The summed E-state index contributed by atoms with van der Waals surface area (Å²) in [7, 11) is 0. The van der Waals surface area contributed by atoms with Crippen molar-refractivity contribution in [3.05, 3.63) is 16.4 Å². The van der Waals surface area contributed by atoms with Crippen LogP contribution in [0.4, 0.5) is 0 Å². The molecule has 0 amide bonds. The molecule has 0 radical (unpaired) electrons. The average Bonchev–Trinajstić information content (AvgIpc) is 2.78. The molecule has 5 heteroatoms. The number of nitrogens with zero attached hydrogens (tertiary/aromatic N) is 3. The van der Waals surface area contributed by atoms with E-state index >= 15 is 0 Å². The summed E-state index contributed by atoms with van der Waals surface area (Å²) in [5.41, 5.74) is 1.28. The smallest absolute Gasteiger partial charge is 0.0714 e. The molecule has 0 fully saturated rings. The summed E-state index contributed by atoms with van der Waals surface area (Å²) < 4.78 is 3.24. The number of hydrogen-bond acceptors (Lipinski definition) is 3. The van der Waals surface area contributed by atoms with Crippen LogP contribution in [0.3, 0.4) is 0 Å². The topological polar surface area (TPSA) is 33.1 Å². The molecule has 1 aromatic heterocycles. The van der Waals surface area contributed by atoms with Gasteiger partial charge in [0.05, 0.1) is 22.4 Å². The van der Waals surface area contributed by atoms with Crippen molar-refractivity contribution in [2.24, 2.45) is 0 Å². The quantitative estimate of drug-likeness (QED) is 0.728. The Hall–Kier alpha value is -0.390. The van der Waals surface area contributed by atoms with E-state index in [0.29, 0.717) is 0 Å². The Morgan fingerprint density at radius 2 is 1.90 bits per heavy atom. The number of hydrogen-bond donors (Lipinski definition) is 1. The van der Waals surface area contributed by atoms with Gasteiger partial charge < -0.3 is 5.32 Å². The molecule has 4 nitrogen and oxygen atoms in total. The van der Waals surface area contributed by atoms with E-state index in [1.807, 2.05) is 6.20 Å². The maximum atomic E-state index is 4.54. The fraction of sp³-hybridized carbons (Fsp3) is 0.812. The minimum absolute atomic E-state index is 0.0214. The van der Waals surface area contributed by atoms with Crippen molar-refractivity contribution < 1.29 is 0 Å². The van der Waals surface area contributed by atoms with Gasteiger partial charge in [0.1, 0.15) is 0 Å². The van der Waals surface area contributed by atoms with Crippen LogP contribution >= 0.6 is 15.9 Å². The van der Waals surface area contributed by atoms with Crippen LogP contribution in [0.15, 0.2) is 10.7 Å². The highest BCUT2D eigenvalue weighted by atomic mass is 79.9. The number of aryl methyl sites for hydroxylation is 1. The van der Waals surface area contributed by atoms with E-state index in [0.717, 1.165) is 37.1 Å². The normalized spacial score (nSPS) is 13.9. The third-order valence-corrected chi connectivity index (χ3v) is 4.85. The third-order valence-electron chi connectivity index (χ3n) is 4.24. The summed E-state index contributed by atoms with van der Waals surface area (Å²) in [4.78, 5) is 2.51. The van der Waals surface area contributed by atoms with E-state index in [4.69, 9.17) is 0 Å². The number of halogens is 1. The van der Waals surface area contributed by atoms with Crippen LogP contribution in [0.2, 0.25) is 0 Å². The highest BCUT2D eigenvalue weighted by Crippen LogP contribution is 2.35. The van der Waals surface area contributed by atoms with Gasteiger partial charge in [-0.1, -0.05) is 27.7 Å². The van der Waals surface area contributed by atoms with Crippen molar-refractivity contribution in [2.75, 3.05) is 19.6 Å². The van der Waals surface area contributed by atoms with Crippen LogP contribution in [0.5, 0.6) is 0 Å². The zero-order valence-corrected chi connectivity index (χ0v) is 16.0. The molecular weight excluding hydrogens is 328 g/mol. The largest absolute Gasteiger partial charge is 0.307 e. The van der Waals surface area contributed by atoms with Crippen LogP contribution in [0, 0.1) is 0 Å². The van der Waals surface area contributed by atoms with Crippen molar-refractivity contribution in [2.45, 2.75) is 66.1 Å². The highest BCUT2D eigenvalue weighted by molar-refractivity contribution is 9.10. The average molecular weight is 359 g/mol. The van der Waals surface area contributed by atoms with Crippen molar-refractivity contribution in [3.8, 4) is 0 Å². The Kier molecular flexibility index (Phi) is 7.37. The zero-order valence-electron chi connectivity index (χ0n) is 14.4. The van der Waals surface area contributed by atoms with Crippen LogP contribution < -0.4 is 5.32 Å². The SMILES string of the molecule is CCCn1ncc(Br)c1C(NCC)C(C)(C)N(CC)CC. The van der Waals surface area contributed by atoms with E-state index < -0.39 is 0 Å². The molecule has 0 saturated carbocycles. The van der Waals surface area contributed by atoms with Crippen molar-refractivity contribution in [3.63, 3.8) is 0 Å². The molecule has 1 aromatic rings. The lowest BCUT2D eigenvalue weighted by Crippen LogP contribution is -2.53. The lowest BCUT2D eigenvalue weighted by atomic mass is 9.89. The molecule has 1 N–H and O–H groups in total. The maximum absolute atomic E-state index is 4.54. The Morgan fingerprint density at radius 1 is 1.29 bits per heavy atom. The first-order valence-corrected chi connectivity index (χ1v) is 8.92. The van der Waals surface area contributed by atoms with E-state index in [1.54, 1.807) is 0 Å². The number of rotatable bonds is 9. The summed E-state index contributed by atoms with van der Waals surface area (Å²) in [5.74, 6) is 0. The van der Waals surface area contributed by atoms with E-state index in [2.05, 4.69) is 77.5 Å². The lowest BCUT2D eigenvalue weighted by Gasteiger charge is -2.44. The lowest BCUT2D eigenvalue weighted by molar-refractivity contribution is 0.0877. The molecular formula is C16H31BrN4. The van der Waals surface area contributed by atoms with Crippen molar-refractivity contribution in [1.29, 1.82) is 0 Å². The minimum Gasteiger partial charge on any atom is -0.307 e. The second-order valence-electron chi connectivity index (χ2n) is 5.92. The minimum atomic E-state index is 0.0214. The van der Waals surface area contributed by atoms with Gasteiger partial charge in [0.2, 0.25) is 0 Å². The van der Waals surface area contributed by atoms with Gasteiger partial charge in [-0.15, -0.1) is 0 Å². The molecule has 0 aromatic carbocycles. The summed E-state index contributed by atoms with van der Waals surface area (Å²) in [6.07, 6.45) is 3.01. The fourth-order valence-corrected chi connectivity index (χ4v) is 3.68. The summed E-state index contributed by atoms with van der Waals surface area (Å²) in [6.45, 7) is 17.5. The molecule has 122 valence electrons. The summed E-state index contributed by atoms with van der Waals surface area (Å²) in [6, 6.07) is 0.242. The highest BCUT2D eigenvalue weighted by Gasteiger charge is 2.37. The van der Waals surface area contributed by atoms with Crippen LogP contribution in [-0.4, -0.2) is 39.9 Å². The first-order valence-electron chi connectivity index (χ1n) is 8.13. The van der Waals surface area contributed by atoms with Gasteiger partial charge in [-0.3, -0.25) is 9.58 Å². The zero-order chi connectivity index (χ0) is 16.0. The summed E-state index contributed by atoms with van der Waals surface area (Å²) in [5, 5.41) is 8.23. The molecule has 0 aliphatic carbocycles. The predicted molar refractivity (Wildman–Crippen MR) is 93.6 cm³/mol.